The highest BCUT2D eigenvalue weighted by Gasteiger charge is 2.38. The van der Waals surface area contributed by atoms with Crippen molar-refractivity contribution in [1.82, 2.24) is 0 Å². The summed E-state index contributed by atoms with van der Waals surface area (Å²) < 4.78 is 0. The van der Waals surface area contributed by atoms with E-state index in [-0.39, 0.29) is 5.41 Å². The van der Waals surface area contributed by atoms with Crippen LogP contribution in [0.2, 0.25) is 0 Å². The zero-order valence-corrected chi connectivity index (χ0v) is 31.2. The van der Waals surface area contributed by atoms with E-state index in [0.717, 1.165) is 19.3 Å². The van der Waals surface area contributed by atoms with Crippen LogP contribution in [-0.2, 0) is 24.7 Å². The van der Waals surface area contributed by atoms with Gasteiger partial charge in [0.25, 0.3) is 0 Å². The summed E-state index contributed by atoms with van der Waals surface area (Å²) in [6.07, 6.45) is 2.86. The molecule has 1 nitrogen and oxygen atoms in total. The van der Waals surface area contributed by atoms with Crippen LogP contribution in [0, 0.1) is 0 Å². The van der Waals surface area contributed by atoms with E-state index in [1.165, 1.54) is 117 Å². The minimum absolute atomic E-state index is 0.0967. The zero-order valence-electron chi connectivity index (χ0n) is 31.2. The van der Waals surface area contributed by atoms with E-state index in [9.17, 15) is 0 Å². The van der Waals surface area contributed by atoms with E-state index in [4.69, 9.17) is 0 Å². The van der Waals surface area contributed by atoms with Crippen LogP contribution in [0.5, 0.6) is 0 Å². The third-order valence-electron chi connectivity index (χ3n) is 13.2. The molecule has 0 saturated heterocycles. The molecule has 0 aliphatic heterocycles. The first-order valence-electron chi connectivity index (χ1n) is 19.7. The summed E-state index contributed by atoms with van der Waals surface area (Å²) in [6.45, 7) is 4.77. The molecule has 0 radical (unpaired) electrons. The highest BCUT2D eigenvalue weighted by molar-refractivity contribution is 6.03. The van der Waals surface area contributed by atoms with E-state index < -0.39 is 0 Å². The van der Waals surface area contributed by atoms with E-state index in [1.807, 2.05) is 0 Å². The monoisotopic (exact) mass is 701 g/mol. The second-order valence-corrected chi connectivity index (χ2v) is 16.4. The average Bonchev–Trinajstić information content (AvgIpc) is 3.97. The smallest absolute Gasteiger partial charge is 0.0506 e. The molecule has 0 atom stereocenters. The van der Waals surface area contributed by atoms with Crippen molar-refractivity contribution < 1.29 is 0 Å². The van der Waals surface area contributed by atoms with Crippen molar-refractivity contribution in [2.45, 2.75) is 38.5 Å². The molecular formula is C54H39N. The summed E-state index contributed by atoms with van der Waals surface area (Å²) in [5, 5.41) is 0. The minimum Gasteiger partial charge on any atom is -0.310 e. The number of fused-ring (bicyclic) bond motifs is 14. The molecule has 55 heavy (non-hydrogen) atoms. The van der Waals surface area contributed by atoms with Crippen LogP contribution in [-0.4, -0.2) is 0 Å². The molecule has 260 valence electrons. The van der Waals surface area contributed by atoms with Gasteiger partial charge >= 0.3 is 0 Å². The summed E-state index contributed by atoms with van der Waals surface area (Å²) in [5.41, 5.74) is 28.8. The molecule has 0 heterocycles. The minimum atomic E-state index is -0.0967. The fraction of sp³-hybridized carbons (Fsp3) is 0.111. The van der Waals surface area contributed by atoms with Crippen molar-refractivity contribution in [1.29, 1.82) is 0 Å². The van der Waals surface area contributed by atoms with Gasteiger partial charge in [-0.15, -0.1) is 0 Å². The topological polar surface area (TPSA) is 3.24 Å². The molecule has 4 aliphatic carbocycles. The molecule has 12 rings (SSSR count). The zero-order chi connectivity index (χ0) is 36.4. The molecule has 8 aromatic carbocycles. The van der Waals surface area contributed by atoms with E-state index in [1.54, 1.807) is 0 Å². The molecule has 0 fully saturated rings. The second kappa shape index (κ2) is 11.3. The van der Waals surface area contributed by atoms with Crippen molar-refractivity contribution in [3.8, 4) is 55.6 Å². The third-order valence-corrected chi connectivity index (χ3v) is 13.2. The SMILES string of the molecule is CC1(C)c2ccccc2-c2ccc(N(c3ccc(-c4ccccc4)cc3)c3cc4c(c5c3Cc3ccccc3-5)-c3c(ccc5c3Cc3ccccc3-5)C4)cc21. The van der Waals surface area contributed by atoms with Crippen LogP contribution in [0.15, 0.2) is 164 Å². The molecule has 0 aromatic heterocycles. The Morgan fingerprint density at radius 3 is 1.82 bits per heavy atom. The maximum atomic E-state index is 2.57. The molecule has 1 heteroatoms. The Hall–Kier alpha value is -6.44. The molecule has 0 bridgehead atoms. The van der Waals surface area contributed by atoms with E-state index in [2.05, 4.69) is 183 Å². The van der Waals surface area contributed by atoms with Crippen LogP contribution in [0.3, 0.4) is 0 Å². The van der Waals surface area contributed by atoms with Gasteiger partial charge in [0.05, 0.1) is 5.69 Å². The lowest BCUT2D eigenvalue weighted by atomic mass is 9.82. The Morgan fingerprint density at radius 2 is 1.00 bits per heavy atom. The molecule has 0 saturated carbocycles. The van der Waals surface area contributed by atoms with Gasteiger partial charge in [-0.3, -0.25) is 0 Å². The third kappa shape index (κ3) is 4.36. The van der Waals surface area contributed by atoms with Crippen LogP contribution >= 0.6 is 0 Å². The van der Waals surface area contributed by atoms with E-state index in [0.29, 0.717) is 0 Å². The molecule has 0 spiro atoms. The molecule has 8 aromatic rings. The van der Waals surface area contributed by atoms with Gasteiger partial charge < -0.3 is 4.90 Å². The lowest BCUT2D eigenvalue weighted by Crippen LogP contribution is -2.17. The van der Waals surface area contributed by atoms with E-state index >= 15 is 0 Å². The first-order valence-corrected chi connectivity index (χ1v) is 19.7. The number of hydrogen-bond donors (Lipinski definition) is 0. The van der Waals surface area contributed by atoms with Crippen LogP contribution in [0.1, 0.15) is 58.4 Å². The van der Waals surface area contributed by atoms with Gasteiger partial charge in [-0.05, 0) is 143 Å². The largest absolute Gasteiger partial charge is 0.310 e. The Bertz CT molecular complexity index is 2910. The first-order chi connectivity index (χ1) is 27.0. The van der Waals surface area contributed by atoms with Gasteiger partial charge in [-0.25, -0.2) is 0 Å². The molecule has 0 amide bonds. The van der Waals surface area contributed by atoms with Crippen LogP contribution in [0.4, 0.5) is 17.1 Å². The number of hydrogen-bond acceptors (Lipinski definition) is 1. The first kappa shape index (κ1) is 31.0. The number of nitrogens with zero attached hydrogens (tertiary/aromatic N) is 1. The predicted molar refractivity (Wildman–Crippen MR) is 229 cm³/mol. The highest BCUT2D eigenvalue weighted by atomic mass is 15.1. The van der Waals surface area contributed by atoms with Crippen molar-refractivity contribution in [2.24, 2.45) is 0 Å². The van der Waals surface area contributed by atoms with Crippen molar-refractivity contribution in [3.63, 3.8) is 0 Å². The summed E-state index contributed by atoms with van der Waals surface area (Å²) in [7, 11) is 0. The maximum absolute atomic E-state index is 2.57. The van der Waals surface area contributed by atoms with Crippen LogP contribution in [0.25, 0.3) is 55.6 Å². The average molecular weight is 702 g/mol. The number of rotatable bonds is 4. The van der Waals surface area contributed by atoms with Crippen LogP contribution < -0.4 is 4.90 Å². The Labute approximate surface area is 323 Å². The molecular weight excluding hydrogens is 663 g/mol. The summed E-state index contributed by atoms with van der Waals surface area (Å²) in [4.78, 5) is 2.57. The Morgan fingerprint density at radius 1 is 0.382 bits per heavy atom. The summed E-state index contributed by atoms with van der Waals surface area (Å²) in [5.74, 6) is 0. The Kier molecular flexibility index (Phi) is 6.36. The fourth-order valence-electron chi connectivity index (χ4n) is 10.6. The highest BCUT2D eigenvalue weighted by Crippen LogP contribution is 2.58. The van der Waals surface area contributed by atoms with Crippen molar-refractivity contribution >= 4 is 17.1 Å². The lowest BCUT2D eigenvalue weighted by Gasteiger charge is -2.31. The van der Waals surface area contributed by atoms with Gasteiger partial charge in [0, 0.05) is 23.2 Å². The van der Waals surface area contributed by atoms with Crippen molar-refractivity contribution in [3.05, 3.63) is 208 Å². The fourth-order valence-corrected chi connectivity index (χ4v) is 10.6. The normalized spacial score (nSPS) is 14.3. The van der Waals surface area contributed by atoms with Gasteiger partial charge in [0.15, 0.2) is 0 Å². The van der Waals surface area contributed by atoms with Crippen molar-refractivity contribution in [2.75, 3.05) is 4.90 Å². The standard InChI is InChI=1S/C54H39N/c1-54(2)48-19-11-10-18-44(48)45-27-25-40(32-49(45)54)55(39-23-20-34(21-24-39)33-12-4-3-5-13-33)50-31-38-28-37-22-26-43-41-16-8-6-14-35(41)29-46(43)51(37)52(38)53-42-17-9-7-15-36(42)30-47(50)53/h3-27,31-32H,28-30H2,1-2H3. The molecule has 4 aliphatic rings. The summed E-state index contributed by atoms with van der Waals surface area (Å²) in [6, 6.07) is 61.7. The second-order valence-electron chi connectivity index (χ2n) is 16.4. The quantitative estimate of drug-likeness (QED) is 0.177. The maximum Gasteiger partial charge on any atom is 0.0506 e. The van der Waals surface area contributed by atoms with Gasteiger partial charge in [0.2, 0.25) is 0 Å². The number of anilines is 3. The van der Waals surface area contributed by atoms with Gasteiger partial charge in [-0.1, -0.05) is 147 Å². The van der Waals surface area contributed by atoms with Gasteiger partial charge in [-0.2, -0.15) is 0 Å². The lowest BCUT2D eigenvalue weighted by molar-refractivity contribution is 0.660. The number of benzene rings is 8. The molecule has 0 N–H and O–H groups in total. The van der Waals surface area contributed by atoms with Gasteiger partial charge in [0.1, 0.15) is 0 Å². The summed E-state index contributed by atoms with van der Waals surface area (Å²) >= 11 is 0. The Balaban J connectivity index is 1.10. The predicted octanol–water partition coefficient (Wildman–Crippen LogP) is 13.8. The molecule has 0 unspecified atom stereocenters.